The monoisotopic (exact) mass is 388 g/mol. The Morgan fingerprint density at radius 3 is 2.38 bits per heavy atom. The van der Waals surface area contributed by atoms with Crippen LogP contribution in [0.15, 0.2) is 61.2 Å². The Kier molecular flexibility index (Phi) is 7.29. The van der Waals surface area contributed by atoms with Gasteiger partial charge in [0.25, 0.3) is 0 Å². The standard InChI is InChI=1S/C26H32N2O/c1-4-18-27-19(2)21-14-16-25(17-15-21)28-26(20(3)29)24-12-10-23(11-13-24)22-8-6-5-7-9-22/h8,10-17,26-28H,2,4-7,9,18H2,1,3H3. The van der Waals surface area contributed by atoms with Gasteiger partial charge < -0.3 is 10.6 Å². The third kappa shape index (κ3) is 5.60. The molecular formula is C26H32N2O. The van der Waals surface area contributed by atoms with Gasteiger partial charge in [-0.05, 0) is 73.4 Å². The summed E-state index contributed by atoms with van der Waals surface area (Å²) in [4.78, 5) is 12.3. The van der Waals surface area contributed by atoms with E-state index in [0.29, 0.717) is 0 Å². The van der Waals surface area contributed by atoms with Crippen LogP contribution in [-0.4, -0.2) is 12.3 Å². The van der Waals surface area contributed by atoms with Crippen molar-refractivity contribution in [3.63, 3.8) is 0 Å². The van der Waals surface area contributed by atoms with Gasteiger partial charge in [0, 0.05) is 17.9 Å². The Bertz CT molecular complexity index is 863. The van der Waals surface area contributed by atoms with Gasteiger partial charge in [-0.2, -0.15) is 0 Å². The van der Waals surface area contributed by atoms with Gasteiger partial charge >= 0.3 is 0 Å². The van der Waals surface area contributed by atoms with Gasteiger partial charge in [-0.1, -0.05) is 56.0 Å². The van der Waals surface area contributed by atoms with Crippen molar-refractivity contribution < 1.29 is 4.79 Å². The fourth-order valence-corrected chi connectivity index (χ4v) is 3.72. The van der Waals surface area contributed by atoms with Crippen molar-refractivity contribution in [3.05, 3.63) is 77.9 Å². The fourth-order valence-electron chi connectivity index (χ4n) is 3.72. The van der Waals surface area contributed by atoms with Crippen LogP contribution < -0.4 is 10.6 Å². The number of carbonyl (C=O) groups excluding carboxylic acids is 1. The molecule has 0 aliphatic heterocycles. The van der Waals surface area contributed by atoms with Gasteiger partial charge in [-0.25, -0.2) is 0 Å². The van der Waals surface area contributed by atoms with Gasteiger partial charge in [-0.3, -0.25) is 4.79 Å². The Morgan fingerprint density at radius 2 is 1.79 bits per heavy atom. The SMILES string of the molecule is C=C(NCCC)c1ccc(NC(C(C)=O)c2ccc(C3=CCCCC3)cc2)cc1. The molecule has 0 saturated carbocycles. The number of ketones is 1. The lowest BCUT2D eigenvalue weighted by Crippen LogP contribution is -2.18. The molecule has 29 heavy (non-hydrogen) atoms. The van der Waals surface area contributed by atoms with Crippen molar-refractivity contribution in [3.8, 4) is 0 Å². The zero-order valence-electron chi connectivity index (χ0n) is 17.6. The largest absolute Gasteiger partial charge is 0.385 e. The highest BCUT2D eigenvalue weighted by Gasteiger charge is 2.17. The predicted octanol–water partition coefficient (Wildman–Crippen LogP) is 6.36. The summed E-state index contributed by atoms with van der Waals surface area (Å²) in [6.07, 6.45) is 8.29. The molecule has 1 atom stereocenters. The van der Waals surface area contributed by atoms with Crippen molar-refractivity contribution >= 4 is 22.7 Å². The summed E-state index contributed by atoms with van der Waals surface area (Å²) in [5, 5.41) is 6.70. The first-order valence-corrected chi connectivity index (χ1v) is 10.7. The number of carbonyl (C=O) groups is 1. The molecule has 3 rings (SSSR count). The quantitative estimate of drug-likeness (QED) is 0.525. The summed E-state index contributed by atoms with van der Waals surface area (Å²) in [5.41, 5.74) is 6.62. The average Bonchev–Trinajstić information content (AvgIpc) is 2.77. The second-order valence-corrected chi connectivity index (χ2v) is 7.77. The molecule has 0 saturated heterocycles. The maximum atomic E-state index is 12.3. The first-order valence-electron chi connectivity index (χ1n) is 10.7. The average molecular weight is 389 g/mol. The highest BCUT2D eigenvalue weighted by molar-refractivity contribution is 5.86. The molecule has 1 unspecified atom stereocenters. The molecule has 2 N–H and O–H groups in total. The first-order chi connectivity index (χ1) is 14.1. The van der Waals surface area contributed by atoms with Gasteiger partial charge in [0.05, 0.1) is 0 Å². The second-order valence-electron chi connectivity index (χ2n) is 7.77. The van der Waals surface area contributed by atoms with E-state index in [4.69, 9.17) is 0 Å². The minimum Gasteiger partial charge on any atom is -0.385 e. The van der Waals surface area contributed by atoms with E-state index in [2.05, 4.69) is 54.5 Å². The Hall–Kier alpha value is -2.81. The van der Waals surface area contributed by atoms with E-state index in [9.17, 15) is 4.79 Å². The lowest BCUT2D eigenvalue weighted by molar-refractivity contribution is -0.117. The first kappa shape index (κ1) is 20.9. The summed E-state index contributed by atoms with van der Waals surface area (Å²) in [7, 11) is 0. The molecule has 0 spiro atoms. The molecule has 0 radical (unpaired) electrons. The van der Waals surface area contributed by atoms with Crippen LogP contribution in [0.4, 0.5) is 5.69 Å². The van der Waals surface area contributed by atoms with Gasteiger partial charge in [0.2, 0.25) is 0 Å². The van der Waals surface area contributed by atoms with Crippen molar-refractivity contribution in [2.45, 2.75) is 52.0 Å². The minimum absolute atomic E-state index is 0.104. The molecule has 152 valence electrons. The van der Waals surface area contributed by atoms with Crippen LogP contribution in [-0.2, 0) is 4.79 Å². The molecule has 0 amide bonds. The Morgan fingerprint density at radius 1 is 1.07 bits per heavy atom. The Balaban J connectivity index is 1.71. The molecule has 0 heterocycles. The number of benzene rings is 2. The number of Topliss-reactive ketones (excluding diaryl/α,β-unsaturated/α-hetero) is 1. The van der Waals surface area contributed by atoms with Crippen LogP contribution in [0.25, 0.3) is 11.3 Å². The molecule has 1 aliphatic carbocycles. The molecule has 0 fully saturated rings. The molecule has 2 aromatic rings. The lowest BCUT2D eigenvalue weighted by Gasteiger charge is -2.19. The number of rotatable bonds is 9. The van der Waals surface area contributed by atoms with Gasteiger partial charge in [0.1, 0.15) is 6.04 Å². The molecule has 2 aromatic carbocycles. The van der Waals surface area contributed by atoms with Crippen LogP contribution in [0.1, 0.15) is 68.7 Å². The molecule has 0 bridgehead atoms. The van der Waals surface area contributed by atoms with Crippen molar-refractivity contribution in [1.82, 2.24) is 5.32 Å². The third-order valence-corrected chi connectivity index (χ3v) is 5.45. The maximum absolute atomic E-state index is 12.3. The lowest BCUT2D eigenvalue weighted by atomic mass is 9.92. The van der Waals surface area contributed by atoms with Gasteiger partial charge in [-0.15, -0.1) is 0 Å². The summed E-state index contributed by atoms with van der Waals surface area (Å²) in [5.74, 6) is 0.104. The molecule has 3 nitrogen and oxygen atoms in total. The van der Waals surface area contributed by atoms with E-state index in [1.165, 1.54) is 30.4 Å². The third-order valence-electron chi connectivity index (χ3n) is 5.45. The fraction of sp³-hybridized carbons (Fsp3) is 0.346. The number of allylic oxidation sites excluding steroid dienone is 2. The van der Waals surface area contributed by atoms with Crippen LogP contribution in [0.2, 0.25) is 0 Å². The number of hydrogen-bond acceptors (Lipinski definition) is 3. The van der Waals surface area contributed by atoms with E-state index in [0.717, 1.165) is 41.9 Å². The van der Waals surface area contributed by atoms with Crippen LogP contribution in [0, 0.1) is 0 Å². The summed E-state index contributed by atoms with van der Waals surface area (Å²) < 4.78 is 0. The highest BCUT2D eigenvalue weighted by Crippen LogP contribution is 2.28. The molecular weight excluding hydrogens is 356 g/mol. The molecule has 1 aliphatic rings. The Labute approximate surface area is 174 Å². The predicted molar refractivity (Wildman–Crippen MR) is 124 cm³/mol. The van der Waals surface area contributed by atoms with Crippen molar-refractivity contribution in [1.29, 1.82) is 0 Å². The zero-order valence-corrected chi connectivity index (χ0v) is 17.6. The normalized spacial score (nSPS) is 14.6. The van der Waals surface area contributed by atoms with E-state index in [-0.39, 0.29) is 11.8 Å². The van der Waals surface area contributed by atoms with E-state index >= 15 is 0 Å². The number of nitrogens with one attached hydrogen (secondary N) is 2. The number of anilines is 1. The zero-order chi connectivity index (χ0) is 20.6. The molecule has 3 heteroatoms. The second kappa shape index (κ2) is 10.1. The minimum atomic E-state index is -0.350. The topological polar surface area (TPSA) is 41.1 Å². The van der Waals surface area contributed by atoms with E-state index < -0.39 is 0 Å². The van der Waals surface area contributed by atoms with E-state index in [1.54, 1.807) is 6.92 Å². The highest BCUT2D eigenvalue weighted by atomic mass is 16.1. The van der Waals surface area contributed by atoms with Crippen molar-refractivity contribution in [2.75, 3.05) is 11.9 Å². The summed E-state index contributed by atoms with van der Waals surface area (Å²) in [6, 6.07) is 16.2. The molecule has 0 aromatic heterocycles. The van der Waals surface area contributed by atoms with Crippen LogP contribution in [0.3, 0.4) is 0 Å². The van der Waals surface area contributed by atoms with E-state index in [1.807, 2.05) is 24.3 Å². The van der Waals surface area contributed by atoms with Crippen molar-refractivity contribution in [2.24, 2.45) is 0 Å². The summed E-state index contributed by atoms with van der Waals surface area (Å²) >= 11 is 0. The summed E-state index contributed by atoms with van der Waals surface area (Å²) in [6.45, 7) is 8.77. The number of hydrogen-bond donors (Lipinski definition) is 2. The van der Waals surface area contributed by atoms with Gasteiger partial charge in [0.15, 0.2) is 5.78 Å². The smallest absolute Gasteiger partial charge is 0.156 e. The van der Waals surface area contributed by atoms with Crippen LogP contribution in [0.5, 0.6) is 0 Å². The van der Waals surface area contributed by atoms with Crippen LogP contribution >= 0.6 is 0 Å². The maximum Gasteiger partial charge on any atom is 0.156 e.